The molecule has 5 heteroatoms. The van der Waals surface area contributed by atoms with Crippen LogP contribution in [0.5, 0.6) is 5.75 Å². The summed E-state index contributed by atoms with van der Waals surface area (Å²) in [4.78, 5) is 13.7. The third kappa shape index (κ3) is 5.09. The molecule has 0 amide bonds. The maximum atomic E-state index is 11.5. The lowest BCUT2D eigenvalue weighted by atomic mass is 10.1. The minimum atomic E-state index is -0.540. The Balaban J connectivity index is 1.76. The van der Waals surface area contributed by atoms with Gasteiger partial charge in [0.15, 0.2) is 5.78 Å². The predicted molar refractivity (Wildman–Crippen MR) is 84.4 cm³/mol. The number of hydrogen-bond acceptors (Lipinski definition) is 5. The number of ketones is 1. The molecule has 2 atom stereocenters. The SMILES string of the molecule is CCC(=O)c1ccc(OCC(O)CN2CCOC(C)C2)cc1. The second-order valence-electron chi connectivity index (χ2n) is 5.71. The van der Waals surface area contributed by atoms with Gasteiger partial charge < -0.3 is 14.6 Å². The second-order valence-corrected chi connectivity index (χ2v) is 5.71. The topological polar surface area (TPSA) is 59.0 Å². The number of carbonyl (C=O) groups is 1. The van der Waals surface area contributed by atoms with Crippen molar-refractivity contribution in [1.82, 2.24) is 4.90 Å². The molecule has 1 heterocycles. The molecule has 1 N–H and O–H groups in total. The lowest BCUT2D eigenvalue weighted by Crippen LogP contribution is -2.45. The number of aliphatic hydroxyl groups is 1. The van der Waals surface area contributed by atoms with Gasteiger partial charge in [-0.2, -0.15) is 0 Å². The highest BCUT2D eigenvalue weighted by molar-refractivity contribution is 5.95. The standard InChI is InChI=1S/C17H25NO4/c1-3-17(20)14-4-6-16(7-5-14)22-12-15(19)11-18-8-9-21-13(2)10-18/h4-7,13,15,19H,3,8-12H2,1-2H3. The van der Waals surface area contributed by atoms with Crippen molar-refractivity contribution >= 4 is 5.78 Å². The zero-order valence-electron chi connectivity index (χ0n) is 13.3. The number of benzene rings is 1. The molecule has 122 valence electrons. The minimum absolute atomic E-state index is 0.119. The van der Waals surface area contributed by atoms with Gasteiger partial charge in [-0.25, -0.2) is 0 Å². The van der Waals surface area contributed by atoms with E-state index in [9.17, 15) is 9.90 Å². The fourth-order valence-corrected chi connectivity index (χ4v) is 2.54. The van der Waals surface area contributed by atoms with Crippen LogP contribution in [0.4, 0.5) is 0 Å². The summed E-state index contributed by atoms with van der Waals surface area (Å²) in [7, 11) is 0. The molecule has 1 fully saturated rings. The first kappa shape index (κ1) is 16.9. The van der Waals surface area contributed by atoms with Crippen molar-refractivity contribution in [2.75, 3.05) is 32.8 Å². The number of rotatable bonds is 7. The Morgan fingerprint density at radius 2 is 2.18 bits per heavy atom. The van der Waals surface area contributed by atoms with Gasteiger partial charge in [-0.05, 0) is 31.2 Å². The molecule has 0 saturated carbocycles. The number of carbonyl (C=O) groups excluding carboxylic acids is 1. The van der Waals surface area contributed by atoms with Crippen molar-refractivity contribution in [1.29, 1.82) is 0 Å². The van der Waals surface area contributed by atoms with E-state index >= 15 is 0 Å². The van der Waals surface area contributed by atoms with Gasteiger partial charge in [-0.1, -0.05) is 6.92 Å². The molecule has 22 heavy (non-hydrogen) atoms. The maximum Gasteiger partial charge on any atom is 0.162 e. The van der Waals surface area contributed by atoms with Crippen LogP contribution < -0.4 is 4.74 Å². The average molecular weight is 307 g/mol. The van der Waals surface area contributed by atoms with Crippen LogP contribution in [0.3, 0.4) is 0 Å². The third-order valence-electron chi connectivity index (χ3n) is 3.73. The molecule has 0 spiro atoms. The quantitative estimate of drug-likeness (QED) is 0.778. The fraction of sp³-hybridized carbons (Fsp3) is 0.588. The fourth-order valence-electron chi connectivity index (χ4n) is 2.54. The Bertz CT molecular complexity index is 474. The summed E-state index contributed by atoms with van der Waals surface area (Å²) in [5.41, 5.74) is 0.692. The maximum absolute atomic E-state index is 11.5. The molecule has 2 unspecified atom stereocenters. The lowest BCUT2D eigenvalue weighted by molar-refractivity contribution is -0.0361. The third-order valence-corrected chi connectivity index (χ3v) is 3.73. The number of nitrogens with zero attached hydrogens (tertiary/aromatic N) is 1. The molecule has 2 rings (SSSR count). The van der Waals surface area contributed by atoms with Crippen LogP contribution in [0.2, 0.25) is 0 Å². The number of β-amino-alcohol motifs (C(OH)–C–C–N with tert-alkyl or cyclic N) is 1. The molecule has 0 radical (unpaired) electrons. The second kappa shape index (κ2) is 8.27. The number of Topliss-reactive ketones (excluding diaryl/α,β-unsaturated/α-hetero) is 1. The lowest BCUT2D eigenvalue weighted by Gasteiger charge is -2.32. The van der Waals surface area contributed by atoms with Crippen molar-refractivity contribution in [2.45, 2.75) is 32.5 Å². The van der Waals surface area contributed by atoms with E-state index in [0.29, 0.717) is 30.9 Å². The van der Waals surface area contributed by atoms with Gasteiger partial charge in [0, 0.05) is 31.6 Å². The average Bonchev–Trinajstić information content (AvgIpc) is 2.52. The summed E-state index contributed by atoms with van der Waals surface area (Å²) in [5.74, 6) is 0.787. The van der Waals surface area contributed by atoms with Crippen LogP contribution in [0.15, 0.2) is 24.3 Å². The first-order chi connectivity index (χ1) is 10.6. The molecule has 5 nitrogen and oxygen atoms in total. The largest absolute Gasteiger partial charge is 0.491 e. The molecule has 1 aromatic carbocycles. The molecule has 0 bridgehead atoms. The molecule has 1 aliphatic heterocycles. The van der Waals surface area contributed by atoms with Gasteiger partial charge in [0.2, 0.25) is 0 Å². The summed E-state index contributed by atoms with van der Waals surface area (Å²) in [6, 6.07) is 7.06. The zero-order chi connectivity index (χ0) is 15.9. The molecular formula is C17H25NO4. The number of morpholine rings is 1. The molecule has 0 aliphatic carbocycles. The minimum Gasteiger partial charge on any atom is -0.491 e. The molecule has 0 aromatic heterocycles. The number of hydrogen-bond donors (Lipinski definition) is 1. The zero-order valence-corrected chi connectivity index (χ0v) is 13.3. The Labute approximate surface area is 131 Å². The van der Waals surface area contributed by atoms with Crippen molar-refractivity contribution in [3.05, 3.63) is 29.8 Å². The van der Waals surface area contributed by atoms with Gasteiger partial charge in [0.25, 0.3) is 0 Å². The van der Waals surface area contributed by atoms with Crippen LogP contribution in [-0.4, -0.2) is 60.8 Å². The Hall–Kier alpha value is -1.43. The summed E-state index contributed by atoms with van der Waals surface area (Å²) >= 11 is 0. The van der Waals surface area contributed by atoms with Crippen LogP contribution >= 0.6 is 0 Å². The molecule has 1 aliphatic rings. The Kier molecular flexibility index (Phi) is 6.36. The highest BCUT2D eigenvalue weighted by Gasteiger charge is 2.19. The van der Waals surface area contributed by atoms with Crippen LogP contribution in [0.25, 0.3) is 0 Å². The van der Waals surface area contributed by atoms with Crippen LogP contribution in [0, 0.1) is 0 Å². The van der Waals surface area contributed by atoms with Gasteiger partial charge in [0.05, 0.1) is 12.7 Å². The Morgan fingerprint density at radius 1 is 1.45 bits per heavy atom. The van der Waals surface area contributed by atoms with E-state index in [4.69, 9.17) is 9.47 Å². The van der Waals surface area contributed by atoms with E-state index in [1.54, 1.807) is 24.3 Å². The van der Waals surface area contributed by atoms with E-state index in [2.05, 4.69) is 4.90 Å². The van der Waals surface area contributed by atoms with Crippen molar-refractivity contribution < 1.29 is 19.4 Å². The highest BCUT2D eigenvalue weighted by atomic mass is 16.5. The Morgan fingerprint density at radius 3 is 2.82 bits per heavy atom. The summed E-state index contributed by atoms with van der Waals surface area (Å²) in [6.07, 6.45) is 0.171. The van der Waals surface area contributed by atoms with E-state index in [1.807, 2.05) is 13.8 Å². The summed E-state index contributed by atoms with van der Waals surface area (Å²) in [5, 5.41) is 10.1. The monoisotopic (exact) mass is 307 g/mol. The highest BCUT2D eigenvalue weighted by Crippen LogP contribution is 2.14. The van der Waals surface area contributed by atoms with Crippen LogP contribution in [-0.2, 0) is 4.74 Å². The van der Waals surface area contributed by atoms with Gasteiger partial charge >= 0.3 is 0 Å². The number of aliphatic hydroxyl groups excluding tert-OH is 1. The van der Waals surface area contributed by atoms with Crippen molar-refractivity contribution in [2.24, 2.45) is 0 Å². The van der Waals surface area contributed by atoms with E-state index in [1.165, 1.54) is 0 Å². The van der Waals surface area contributed by atoms with Gasteiger partial charge in [-0.15, -0.1) is 0 Å². The van der Waals surface area contributed by atoms with Crippen LogP contribution in [0.1, 0.15) is 30.6 Å². The normalized spacial score (nSPS) is 20.6. The van der Waals surface area contributed by atoms with Crippen molar-refractivity contribution in [3.8, 4) is 5.75 Å². The molecule has 1 aromatic rings. The van der Waals surface area contributed by atoms with E-state index in [-0.39, 0.29) is 18.5 Å². The van der Waals surface area contributed by atoms with Gasteiger partial charge in [0.1, 0.15) is 18.5 Å². The van der Waals surface area contributed by atoms with E-state index < -0.39 is 6.10 Å². The first-order valence-corrected chi connectivity index (χ1v) is 7.86. The van der Waals surface area contributed by atoms with E-state index in [0.717, 1.165) is 13.1 Å². The van der Waals surface area contributed by atoms with Crippen molar-refractivity contribution in [3.63, 3.8) is 0 Å². The smallest absolute Gasteiger partial charge is 0.162 e. The molecule has 1 saturated heterocycles. The first-order valence-electron chi connectivity index (χ1n) is 7.86. The summed E-state index contributed by atoms with van der Waals surface area (Å²) in [6.45, 7) is 7.10. The predicted octanol–water partition coefficient (Wildman–Crippen LogP) is 1.74. The summed E-state index contributed by atoms with van der Waals surface area (Å²) < 4.78 is 11.1. The number of ether oxygens (including phenoxy) is 2. The molecular weight excluding hydrogens is 282 g/mol. The van der Waals surface area contributed by atoms with Gasteiger partial charge in [-0.3, -0.25) is 9.69 Å².